The van der Waals surface area contributed by atoms with Crippen LogP contribution >= 0.6 is 0 Å². The Labute approximate surface area is 123 Å². The first-order chi connectivity index (χ1) is 10.3. The molecule has 0 saturated carbocycles. The molecule has 0 aliphatic heterocycles. The minimum Gasteiger partial charge on any atom is -0.618 e. The third kappa shape index (κ3) is 3.36. The second-order valence-electron chi connectivity index (χ2n) is 4.77. The average Bonchev–Trinajstić information content (AvgIpc) is 3.02. The molecule has 4 nitrogen and oxygen atoms in total. The molecular weight excluding hydrogens is 262 g/mol. The lowest BCUT2D eigenvalue weighted by Crippen LogP contribution is -2.00. The first-order valence-electron chi connectivity index (χ1n) is 6.72. The summed E-state index contributed by atoms with van der Waals surface area (Å²) in [7, 11) is 0. The van der Waals surface area contributed by atoms with E-state index in [2.05, 4.69) is 4.98 Å². The van der Waals surface area contributed by atoms with E-state index < -0.39 is 0 Å². The van der Waals surface area contributed by atoms with E-state index in [4.69, 9.17) is 0 Å². The molecule has 0 fully saturated rings. The van der Waals surface area contributed by atoms with E-state index in [1.165, 1.54) is 0 Å². The topological polar surface area (TPSA) is 43.9 Å². The quantitative estimate of drug-likeness (QED) is 0.318. The fourth-order valence-electron chi connectivity index (χ4n) is 2.09. The van der Waals surface area contributed by atoms with Gasteiger partial charge in [0, 0.05) is 36.6 Å². The Morgan fingerprint density at radius 2 is 1.81 bits per heavy atom. The van der Waals surface area contributed by atoms with Crippen molar-refractivity contribution in [2.24, 2.45) is 0 Å². The van der Waals surface area contributed by atoms with E-state index in [1.54, 1.807) is 18.7 Å². The van der Waals surface area contributed by atoms with Crippen LogP contribution in [0.4, 0.5) is 5.69 Å². The molecule has 0 saturated heterocycles. The number of rotatable bonds is 4. The van der Waals surface area contributed by atoms with Crippen LogP contribution in [0, 0.1) is 5.21 Å². The van der Waals surface area contributed by atoms with Crippen LogP contribution < -0.4 is 0 Å². The first kappa shape index (κ1) is 13.1. The lowest BCUT2D eigenvalue weighted by molar-refractivity contribution is -0.354. The van der Waals surface area contributed by atoms with Crippen LogP contribution in [0.1, 0.15) is 11.1 Å². The Balaban J connectivity index is 1.76. The number of hydrogen-bond acceptors (Lipinski definition) is 2. The monoisotopic (exact) mass is 277 g/mol. The van der Waals surface area contributed by atoms with Crippen molar-refractivity contribution < 1.29 is 4.74 Å². The van der Waals surface area contributed by atoms with Gasteiger partial charge in [-0.3, -0.25) is 0 Å². The Kier molecular flexibility index (Phi) is 3.78. The van der Waals surface area contributed by atoms with E-state index in [9.17, 15) is 5.21 Å². The van der Waals surface area contributed by atoms with Crippen molar-refractivity contribution >= 4 is 11.9 Å². The van der Waals surface area contributed by atoms with Crippen LogP contribution in [0.2, 0.25) is 0 Å². The number of aromatic nitrogens is 2. The van der Waals surface area contributed by atoms with E-state index >= 15 is 0 Å². The van der Waals surface area contributed by atoms with Gasteiger partial charge >= 0.3 is 0 Å². The minimum atomic E-state index is 0.619. The van der Waals surface area contributed by atoms with Gasteiger partial charge in [0.25, 0.3) is 0 Å². The SMILES string of the molecule is [O-]/[N+](=C\c1ccccc1)c1ccc(Cn2ccnc2)cc1. The van der Waals surface area contributed by atoms with Gasteiger partial charge in [-0.1, -0.05) is 30.3 Å². The third-order valence-corrected chi connectivity index (χ3v) is 3.18. The maximum atomic E-state index is 12.1. The summed E-state index contributed by atoms with van der Waals surface area (Å²) < 4.78 is 2.87. The summed E-state index contributed by atoms with van der Waals surface area (Å²) in [5.41, 5.74) is 2.63. The molecule has 0 unspecified atom stereocenters. The Bertz CT molecular complexity index is 716. The normalized spacial score (nSPS) is 11.5. The van der Waals surface area contributed by atoms with Gasteiger partial charge < -0.3 is 9.77 Å². The molecule has 0 atom stereocenters. The number of benzene rings is 2. The van der Waals surface area contributed by atoms with Crippen LogP contribution in [0.25, 0.3) is 0 Å². The Hall–Kier alpha value is -2.88. The maximum absolute atomic E-state index is 12.1. The zero-order chi connectivity index (χ0) is 14.5. The van der Waals surface area contributed by atoms with E-state index in [0.29, 0.717) is 5.69 Å². The van der Waals surface area contributed by atoms with Gasteiger partial charge in [0.1, 0.15) is 0 Å². The summed E-state index contributed by atoms with van der Waals surface area (Å²) in [5.74, 6) is 0. The summed E-state index contributed by atoms with van der Waals surface area (Å²) in [5, 5.41) is 12.1. The van der Waals surface area contributed by atoms with Gasteiger partial charge in [-0.25, -0.2) is 4.98 Å². The lowest BCUT2D eigenvalue weighted by Gasteiger charge is -2.05. The highest BCUT2D eigenvalue weighted by Gasteiger charge is 2.02. The molecule has 21 heavy (non-hydrogen) atoms. The highest BCUT2D eigenvalue weighted by molar-refractivity contribution is 5.76. The molecule has 3 aromatic rings. The van der Waals surface area contributed by atoms with Gasteiger partial charge in [0.15, 0.2) is 6.21 Å². The van der Waals surface area contributed by atoms with Crippen LogP contribution in [-0.4, -0.2) is 20.5 Å². The van der Waals surface area contributed by atoms with Crippen LogP contribution in [0.15, 0.2) is 73.3 Å². The van der Waals surface area contributed by atoms with E-state index in [1.807, 2.05) is 65.4 Å². The summed E-state index contributed by atoms with van der Waals surface area (Å²) in [6.07, 6.45) is 7.02. The third-order valence-electron chi connectivity index (χ3n) is 3.18. The molecule has 104 valence electrons. The summed E-state index contributed by atoms with van der Waals surface area (Å²) >= 11 is 0. The molecule has 0 aliphatic rings. The molecule has 3 rings (SSSR count). The molecule has 0 bridgehead atoms. The summed E-state index contributed by atoms with van der Waals surface area (Å²) in [4.78, 5) is 4.01. The van der Waals surface area contributed by atoms with Crippen molar-refractivity contribution in [3.63, 3.8) is 0 Å². The molecule has 2 aromatic carbocycles. The first-order valence-corrected chi connectivity index (χ1v) is 6.72. The zero-order valence-corrected chi connectivity index (χ0v) is 11.5. The van der Waals surface area contributed by atoms with Crippen molar-refractivity contribution in [1.29, 1.82) is 0 Å². The predicted molar refractivity (Wildman–Crippen MR) is 82.7 cm³/mol. The molecule has 0 radical (unpaired) electrons. The molecule has 4 heteroatoms. The Morgan fingerprint density at radius 1 is 1.05 bits per heavy atom. The Morgan fingerprint density at radius 3 is 2.48 bits per heavy atom. The maximum Gasteiger partial charge on any atom is 0.216 e. The van der Waals surface area contributed by atoms with Gasteiger partial charge in [-0.15, -0.1) is 0 Å². The van der Waals surface area contributed by atoms with Crippen molar-refractivity contribution in [2.45, 2.75) is 6.54 Å². The zero-order valence-electron chi connectivity index (χ0n) is 11.5. The second-order valence-corrected chi connectivity index (χ2v) is 4.77. The number of hydrogen-bond donors (Lipinski definition) is 0. The van der Waals surface area contributed by atoms with Crippen LogP contribution in [0.3, 0.4) is 0 Å². The van der Waals surface area contributed by atoms with Crippen molar-refractivity contribution in [1.82, 2.24) is 9.55 Å². The van der Waals surface area contributed by atoms with Crippen LogP contribution in [-0.2, 0) is 6.54 Å². The van der Waals surface area contributed by atoms with Gasteiger partial charge in [-0.05, 0) is 17.7 Å². The average molecular weight is 277 g/mol. The summed E-state index contributed by atoms with van der Waals surface area (Å²) in [6, 6.07) is 17.1. The molecule has 0 amide bonds. The van der Waals surface area contributed by atoms with Crippen LogP contribution in [0.5, 0.6) is 0 Å². The fourth-order valence-corrected chi connectivity index (χ4v) is 2.09. The molecule has 0 N–H and O–H groups in total. The van der Waals surface area contributed by atoms with E-state index in [0.717, 1.165) is 22.4 Å². The van der Waals surface area contributed by atoms with Crippen molar-refractivity contribution in [2.75, 3.05) is 0 Å². The van der Waals surface area contributed by atoms with Gasteiger partial charge in [-0.2, -0.15) is 4.74 Å². The largest absolute Gasteiger partial charge is 0.618 e. The predicted octanol–water partition coefficient (Wildman–Crippen LogP) is 3.19. The number of imidazole rings is 1. The molecular formula is C17H15N3O. The van der Waals surface area contributed by atoms with Gasteiger partial charge in [0.2, 0.25) is 5.69 Å². The smallest absolute Gasteiger partial charge is 0.216 e. The fraction of sp³-hybridized carbons (Fsp3) is 0.0588. The van der Waals surface area contributed by atoms with Gasteiger partial charge in [0.05, 0.1) is 6.33 Å². The highest BCUT2D eigenvalue weighted by Crippen LogP contribution is 2.13. The molecule has 1 heterocycles. The van der Waals surface area contributed by atoms with Crippen molar-refractivity contribution in [3.8, 4) is 0 Å². The number of nitrogens with zero attached hydrogens (tertiary/aromatic N) is 3. The second kappa shape index (κ2) is 6.05. The summed E-state index contributed by atoms with van der Waals surface area (Å²) in [6.45, 7) is 0.752. The molecule has 1 aromatic heterocycles. The lowest BCUT2D eigenvalue weighted by atomic mass is 10.2. The molecule has 0 aliphatic carbocycles. The van der Waals surface area contributed by atoms with Crippen molar-refractivity contribution in [3.05, 3.63) is 89.7 Å². The minimum absolute atomic E-state index is 0.619. The van der Waals surface area contributed by atoms with E-state index in [-0.39, 0.29) is 0 Å². The highest BCUT2D eigenvalue weighted by atomic mass is 16.5. The standard InChI is InChI=1S/C17H15N3O/c21-20(13-15-4-2-1-3-5-15)17-8-6-16(7-9-17)12-19-11-10-18-14-19/h1-11,13-14H,12H2/b20-13-. The molecule has 0 spiro atoms.